The van der Waals surface area contributed by atoms with E-state index in [1.54, 1.807) is 48.7 Å². The molecular weight excluding hydrogens is 398 g/mol. The maximum absolute atomic E-state index is 12.7. The Labute approximate surface area is 178 Å². The van der Waals surface area contributed by atoms with Gasteiger partial charge in [0.05, 0.1) is 16.7 Å². The molecule has 2 atom stereocenters. The van der Waals surface area contributed by atoms with Gasteiger partial charge in [-0.15, -0.1) is 0 Å². The molecule has 0 aliphatic rings. The van der Waals surface area contributed by atoms with Gasteiger partial charge in [0.25, 0.3) is 11.6 Å². The first-order valence-corrected chi connectivity index (χ1v) is 9.48. The van der Waals surface area contributed by atoms with Crippen LogP contribution in [0.25, 0.3) is 0 Å². The van der Waals surface area contributed by atoms with Gasteiger partial charge in [-0.05, 0) is 36.8 Å². The quantitative estimate of drug-likeness (QED) is 0.378. The summed E-state index contributed by atoms with van der Waals surface area (Å²) in [5.41, 5.74) is 6.66. The number of nitro groups is 1. The second kappa shape index (κ2) is 9.49. The number of carbonyl (C=O) groups excluding carboxylic acids is 2. The number of carbonyl (C=O) groups is 2. The fourth-order valence-electron chi connectivity index (χ4n) is 3.06. The minimum Gasteiger partial charge on any atom is -0.371 e. The van der Waals surface area contributed by atoms with E-state index in [9.17, 15) is 19.7 Å². The predicted octanol–water partition coefficient (Wildman–Crippen LogP) is 3.12. The van der Waals surface area contributed by atoms with Crippen molar-refractivity contribution in [2.75, 3.05) is 5.32 Å². The molecule has 2 amide bonds. The molecule has 0 aliphatic heterocycles. The molecule has 0 radical (unpaired) electrons. The zero-order chi connectivity index (χ0) is 22.4. The van der Waals surface area contributed by atoms with Crippen molar-refractivity contribution in [3.8, 4) is 0 Å². The van der Waals surface area contributed by atoms with Crippen molar-refractivity contribution in [1.29, 1.82) is 0 Å². The van der Waals surface area contributed by atoms with Crippen LogP contribution in [0.1, 0.15) is 40.6 Å². The molecule has 9 nitrogen and oxygen atoms in total. The Bertz CT molecular complexity index is 1090. The van der Waals surface area contributed by atoms with Crippen molar-refractivity contribution >= 4 is 23.2 Å². The van der Waals surface area contributed by atoms with Gasteiger partial charge in [-0.3, -0.25) is 24.7 Å². The normalized spacial score (nSPS) is 12.4. The third-order valence-corrected chi connectivity index (χ3v) is 4.65. The van der Waals surface area contributed by atoms with Crippen LogP contribution in [0.2, 0.25) is 0 Å². The van der Waals surface area contributed by atoms with Crippen LogP contribution in [0, 0.1) is 10.1 Å². The number of benzene rings is 2. The van der Waals surface area contributed by atoms with E-state index in [-0.39, 0.29) is 23.0 Å². The first-order chi connectivity index (χ1) is 14.9. The van der Waals surface area contributed by atoms with Gasteiger partial charge in [-0.1, -0.05) is 36.4 Å². The molecular formula is C22H21N5O4. The van der Waals surface area contributed by atoms with Gasteiger partial charge in [-0.25, -0.2) is 0 Å². The van der Waals surface area contributed by atoms with Crippen molar-refractivity contribution < 1.29 is 14.5 Å². The van der Waals surface area contributed by atoms with E-state index in [0.29, 0.717) is 11.3 Å². The topological polar surface area (TPSA) is 140 Å². The summed E-state index contributed by atoms with van der Waals surface area (Å²) in [6, 6.07) is 16.6. The third-order valence-electron chi connectivity index (χ3n) is 4.65. The number of anilines is 1. The van der Waals surface area contributed by atoms with E-state index in [1.165, 1.54) is 12.1 Å². The highest BCUT2D eigenvalue weighted by molar-refractivity contribution is 5.98. The number of nitro benzene ring substituents is 1. The molecule has 0 bridgehead atoms. The molecule has 3 aromatic rings. The van der Waals surface area contributed by atoms with Crippen molar-refractivity contribution in [1.82, 2.24) is 10.3 Å². The summed E-state index contributed by atoms with van der Waals surface area (Å²) in [4.78, 5) is 39.8. The summed E-state index contributed by atoms with van der Waals surface area (Å²) >= 11 is 0. The van der Waals surface area contributed by atoms with E-state index in [2.05, 4.69) is 15.6 Å². The Morgan fingerprint density at radius 1 is 1.06 bits per heavy atom. The minimum absolute atomic E-state index is 0.0323. The van der Waals surface area contributed by atoms with Crippen LogP contribution in [0.4, 0.5) is 11.4 Å². The summed E-state index contributed by atoms with van der Waals surface area (Å²) in [5, 5.41) is 17.2. The Morgan fingerprint density at radius 3 is 2.39 bits per heavy atom. The second-order valence-electron chi connectivity index (χ2n) is 6.83. The van der Waals surface area contributed by atoms with Crippen molar-refractivity contribution in [3.05, 3.63) is 99.9 Å². The number of amides is 2. The third kappa shape index (κ3) is 5.21. The summed E-state index contributed by atoms with van der Waals surface area (Å²) in [5.74, 6) is -1.39. The summed E-state index contributed by atoms with van der Waals surface area (Å²) in [6.45, 7) is 1.82. The standard InChI is InChI=1S/C22H21N5O4/c1-14(17-9-5-6-12-24-17)25-18-11-10-16(13-19(18)27(30)31)22(29)26-20(21(23)28)15-7-3-2-4-8-15/h2-14,20,25H,1H3,(H2,23,28)(H,26,29). The molecule has 2 aromatic carbocycles. The molecule has 158 valence electrons. The molecule has 0 spiro atoms. The van der Waals surface area contributed by atoms with E-state index in [4.69, 9.17) is 5.73 Å². The van der Waals surface area contributed by atoms with Gasteiger partial charge in [0, 0.05) is 17.8 Å². The molecule has 3 rings (SSSR count). The maximum Gasteiger partial charge on any atom is 0.293 e. The number of nitrogens with one attached hydrogen (secondary N) is 2. The Hall–Kier alpha value is -4.27. The van der Waals surface area contributed by atoms with Crippen molar-refractivity contribution in [2.45, 2.75) is 19.0 Å². The van der Waals surface area contributed by atoms with Gasteiger partial charge in [0.1, 0.15) is 11.7 Å². The number of primary amides is 1. The van der Waals surface area contributed by atoms with Crippen LogP contribution in [0.15, 0.2) is 72.9 Å². The smallest absolute Gasteiger partial charge is 0.293 e. The Balaban J connectivity index is 1.83. The highest BCUT2D eigenvalue weighted by Gasteiger charge is 2.24. The number of hydrogen-bond donors (Lipinski definition) is 3. The van der Waals surface area contributed by atoms with Gasteiger partial charge in [0.2, 0.25) is 5.91 Å². The van der Waals surface area contributed by atoms with Crippen LogP contribution < -0.4 is 16.4 Å². The fourth-order valence-corrected chi connectivity index (χ4v) is 3.06. The summed E-state index contributed by atoms with van der Waals surface area (Å²) in [7, 11) is 0. The maximum atomic E-state index is 12.7. The first kappa shape index (κ1) is 21.4. The highest BCUT2D eigenvalue weighted by Crippen LogP contribution is 2.29. The van der Waals surface area contributed by atoms with Crippen LogP contribution >= 0.6 is 0 Å². The zero-order valence-electron chi connectivity index (χ0n) is 16.7. The van der Waals surface area contributed by atoms with Crippen LogP contribution in [0.5, 0.6) is 0 Å². The van der Waals surface area contributed by atoms with Crippen LogP contribution in [0.3, 0.4) is 0 Å². The first-order valence-electron chi connectivity index (χ1n) is 9.48. The lowest BCUT2D eigenvalue weighted by atomic mass is 10.1. The minimum atomic E-state index is -1.06. The lowest BCUT2D eigenvalue weighted by molar-refractivity contribution is -0.384. The average Bonchev–Trinajstić information content (AvgIpc) is 2.78. The van der Waals surface area contributed by atoms with Gasteiger partial charge in [-0.2, -0.15) is 0 Å². The number of nitrogens with two attached hydrogens (primary N) is 1. The molecule has 9 heteroatoms. The molecule has 4 N–H and O–H groups in total. The monoisotopic (exact) mass is 419 g/mol. The van der Waals surface area contributed by atoms with E-state index in [0.717, 1.165) is 6.07 Å². The Morgan fingerprint density at radius 2 is 1.77 bits per heavy atom. The lowest BCUT2D eigenvalue weighted by Gasteiger charge is -2.17. The van der Waals surface area contributed by atoms with Crippen molar-refractivity contribution in [2.24, 2.45) is 5.73 Å². The molecule has 2 unspecified atom stereocenters. The van der Waals surface area contributed by atoms with E-state index >= 15 is 0 Å². The van der Waals surface area contributed by atoms with Gasteiger partial charge < -0.3 is 16.4 Å². The molecule has 1 heterocycles. The second-order valence-corrected chi connectivity index (χ2v) is 6.83. The zero-order valence-corrected chi connectivity index (χ0v) is 16.7. The molecule has 31 heavy (non-hydrogen) atoms. The predicted molar refractivity (Wildman–Crippen MR) is 115 cm³/mol. The average molecular weight is 419 g/mol. The highest BCUT2D eigenvalue weighted by atomic mass is 16.6. The Kier molecular flexibility index (Phi) is 6.56. The van der Waals surface area contributed by atoms with Gasteiger partial charge >= 0.3 is 0 Å². The van der Waals surface area contributed by atoms with Crippen LogP contribution in [-0.4, -0.2) is 21.7 Å². The number of hydrogen-bond acceptors (Lipinski definition) is 6. The number of rotatable bonds is 8. The number of pyridine rings is 1. The van der Waals surface area contributed by atoms with E-state index in [1.807, 2.05) is 13.0 Å². The molecule has 0 aliphatic carbocycles. The summed E-state index contributed by atoms with van der Waals surface area (Å²) < 4.78 is 0. The van der Waals surface area contributed by atoms with Crippen molar-refractivity contribution in [3.63, 3.8) is 0 Å². The number of nitrogens with zero attached hydrogens (tertiary/aromatic N) is 2. The number of aromatic nitrogens is 1. The van der Waals surface area contributed by atoms with Gasteiger partial charge in [0.15, 0.2) is 0 Å². The SMILES string of the molecule is CC(Nc1ccc(C(=O)NC(C(N)=O)c2ccccc2)cc1[N+](=O)[O-])c1ccccn1. The lowest BCUT2D eigenvalue weighted by Crippen LogP contribution is -2.37. The largest absolute Gasteiger partial charge is 0.371 e. The molecule has 0 saturated heterocycles. The van der Waals surface area contributed by atoms with E-state index < -0.39 is 22.8 Å². The molecule has 1 aromatic heterocycles. The molecule has 0 saturated carbocycles. The van der Waals surface area contributed by atoms with Crippen LogP contribution in [-0.2, 0) is 4.79 Å². The molecule has 0 fully saturated rings. The fraction of sp³-hybridized carbons (Fsp3) is 0.136. The summed E-state index contributed by atoms with van der Waals surface area (Å²) in [6.07, 6.45) is 1.64.